The van der Waals surface area contributed by atoms with E-state index in [2.05, 4.69) is 23.7 Å². The first-order chi connectivity index (χ1) is 8.52. The number of nitrogens with zero attached hydrogens (tertiary/aromatic N) is 1. The van der Waals surface area contributed by atoms with E-state index >= 15 is 0 Å². The molecule has 0 spiro atoms. The van der Waals surface area contributed by atoms with Gasteiger partial charge in [-0.15, -0.1) is 0 Å². The Morgan fingerprint density at radius 1 is 1.44 bits per heavy atom. The van der Waals surface area contributed by atoms with Crippen LogP contribution in [-0.4, -0.2) is 25.0 Å². The number of rotatable bonds is 7. The van der Waals surface area contributed by atoms with Crippen molar-refractivity contribution in [1.82, 2.24) is 10.2 Å². The van der Waals surface area contributed by atoms with E-state index in [1.54, 1.807) is 6.07 Å². The number of hydrogen-bond acceptors (Lipinski definition) is 2. The molecule has 0 aliphatic carbocycles. The maximum Gasteiger partial charge on any atom is 0.127 e. The third-order valence-electron chi connectivity index (χ3n) is 2.67. The standard InChI is InChI=1S/C15H23FN2/c1-5-17-9-13-6-7-15(16)14(8-13)11-18(4)10-12(2)3/h6-8,17H,2,5,9-11H2,1,3-4H3. The van der Waals surface area contributed by atoms with Crippen molar-refractivity contribution in [2.45, 2.75) is 26.9 Å². The van der Waals surface area contributed by atoms with Crippen molar-refractivity contribution in [3.8, 4) is 0 Å². The minimum absolute atomic E-state index is 0.135. The van der Waals surface area contributed by atoms with Crippen LogP contribution in [0.1, 0.15) is 25.0 Å². The Morgan fingerprint density at radius 3 is 2.78 bits per heavy atom. The lowest BCUT2D eigenvalue weighted by Crippen LogP contribution is -2.20. The fourth-order valence-corrected chi connectivity index (χ4v) is 1.94. The van der Waals surface area contributed by atoms with Crippen LogP contribution in [0, 0.1) is 5.82 Å². The molecule has 2 nitrogen and oxygen atoms in total. The van der Waals surface area contributed by atoms with Crippen molar-refractivity contribution >= 4 is 0 Å². The van der Waals surface area contributed by atoms with Crippen LogP contribution >= 0.6 is 0 Å². The summed E-state index contributed by atoms with van der Waals surface area (Å²) in [5.74, 6) is -0.135. The number of benzene rings is 1. The summed E-state index contributed by atoms with van der Waals surface area (Å²) in [7, 11) is 1.98. The molecule has 100 valence electrons. The van der Waals surface area contributed by atoms with Crippen LogP contribution in [0.25, 0.3) is 0 Å². The van der Waals surface area contributed by atoms with Crippen molar-refractivity contribution in [2.24, 2.45) is 0 Å². The first kappa shape index (κ1) is 14.9. The molecule has 1 aromatic rings. The van der Waals surface area contributed by atoms with Gasteiger partial charge in [0.1, 0.15) is 5.82 Å². The zero-order chi connectivity index (χ0) is 13.5. The summed E-state index contributed by atoms with van der Waals surface area (Å²) < 4.78 is 13.7. The normalized spacial score (nSPS) is 10.9. The van der Waals surface area contributed by atoms with E-state index < -0.39 is 0 Å². The summed E-state index contributed by atoms with van der Waals surface area (Å²) >= 11 is 0. The molecule has 0 aliphatic rings. The predicted molar refractivity (Wildman–Crippen MR) is 74.9 cm³/mol. The Morgan fingerprint density at radius 2 is 2.17 bits per heavy atom. The van der Waals surface area contributed by atoms with Crippen molar-refractivity contribution in [1.29, 1.82) is 0 Å². The van der Waals surface area contributed by atoms with E-state index in [9.17, 15) is 4.39 Å². The Balaban J connectivity index is 2.71. The molecule has 0 heterocycles. The Labute approximate surface area is 110 Å². The zero-order valence-electron chi connectivity index (χ0n) is 11.6. The van der Waals surface area contributed by atoms with Gasteiger partial charge in [0.2, 0.25) is 0 Å². The SMILES string of the molecule is C=C(C)CN(C)Cc1cc(CNCC)ccc1F. The van der Waals surface area contributed by atoms with E-state index in [4.69, 9.17) is 0 Å². The lowest BCUT2D eigenvalue weighted by molar-refractivity contribution is 0.348. The van der Waals surface area contributed by atoms with Crippen LogP contribution in [0.3, 0.4) is 0 Å². The first-order valence-corrected chi connectivity index (χ1v) is 6.34. The van der Waals surface area contributed by atoms with Crippen LogP contribution in [0.2, 0.25) is 0 Å². The highest BCUT2D eigenvalue weighted by Gasteiger charge is 2.07. The van der Waals surface area contributed by atoms with Crippen LogP contribution in [0.4, 0.5) is 4.39 Å². The maximum atomic E-state index is 13.7. The summed E-state index contributed by atoms with van der Waals surface area (Å²) in [5, 5.41) is 3.25. The van der Waals surface area contributed by atoms with Gasteiger partial charge in [-0.2, -0.15) is 0 Å². The highest BCUT2D eigenvalue weighted by atomic mass is 19.1. The topological polar surface area (TPSA) is 15.3 Å². The molecule has 0 fully saturated rings. The summed E-state index contributed by atoms with van der Waals surface area (Å²) in [4.78, 5) is 2.07. The largest absolute Gasteiger partial charge is 0.313 e. The molecular formula is C15H23FN2. The molecule has 0 saturated carbocycles. The Bertz CT molecular complexity index is 401. The Kier molecular flexibility index (Phi) is 6.02. The molecule has 1 aromatic carbocycles. The molecule has 0 bridgehead atoms. The minimum atomic E-state index is -0.135. The molecule has 0 unspecified atom stereocenters. The maximum absolute atomic E-state index is 13.7. The van der Waals surface area contributed by atoms with Gasteiger partial charge in [-0.1, -0.05) is 31.2 Å². The second-order valence-electron chi connectivity index (χ2n) is 4.84. The van der Waals surface area contributed by atoms with Crippen LogP contribution in [0.15, 0.2) is 30.4 Å². The molecule has 1 N–H and O–H groups in total. The molecule has 0 aromatic heterocycles. The van der Waals surface area contributed by atoms with E-state index in [0.717, 1.165) is 36.3 Å². The monoisotopic (exact) mass is 250 g/mol. The summed E-state index contributed by atoms with van der Waals surface area (Å²) in [6.45, 7) is 11.0. The van der Waals surface area contributed by atoms with Gasteiger partial charge in [-0.05, 0) is 32.1 Å². The quantitative estimate of drug-likeness (QED) is 0.749. The first-order valence-electron chi connectivity index (χ1n) is 6.34. The lowest BCUT2D eigenvalue weighted by Gasteiger charge is -2.17. The summed E-state index contributed by atoms with van der Waals surface area (Å²) in [5.41, 5.74) is 2.95. The van der Waals surface area contributed by atoms with Gasteiger partial charge in [0.15, 0.2) is 0 Å². The van der Waals surface area contributed by atoms with Crippen molar-refractivity contribution < 1.29 is 4.39 Å². The van der Waals surface area contributed by atoms with Crippen LogP contribution < -0.4 is 5.32 Å². The molecule has 1 rings (SSSR count). The molecule has 18 heavy (non-hydrogen) atoms. The highest BCUT2D eigenvalue weighted by molar-refractivity contribution is 5.25. The van der Waals surface area contributed by atoms with Gasteiger partial charge in [-0.3, -0.25) is 4.90 Å². The van der Waals surface area contributed by atoms with E-state index in [0.29, 0.717) is 6.54 Å². The average molecular weight is 250 g/mol. The number of nitrogens with one attached hydrogen (secondary N) is 1. The lowest BCUT2D eigenvalue weighted by atomic mass is 10.1. The third-order valence-corrected chi connectivity index (χ3v) is 2.67. The second kappa shape index (κ2) is 7.29. The number of hydrogen-bond donors (Lipinski definition) is 1. The smallest absolute Gasteiger partial charge is 0.127 e. The summed E-state index contributed by atoms with van der Waals surface area (Å²) in [6.07, 6.45) is 0. The van der Waals surface area contributed by atoms with Crippen molar-refractivity contribution in [3.05, 3.63) is 47.3 Å². The predicted octanol–water partition coefficient (Wildman–Crippen LogP) is 2.94. The van der Waals surface area contributed by atoms with Gasteiger partial charge in [0.25, 0.3) is 0 Å². The average Bonchev–Trinajstić information content (AvgIpc) is 2.29. The van der Waals surface area contributed by atoms with Gasteiger partial charge in [0, 0.05) is 25.2 Å². The minimum Gasteiger partial charge on any atom is -0.313 e. The van der Waals surface area contributed by atoms with Gasteiger partial charge >= 0.3 is 0 Å². The van der Waals surface area contributed by atoms with Gasteiger partial charge in [0.05, 0.1) is 0 Å². The van der Waals surface area contributed by atoms with Crippen molar-refractivity contribution in [3.63, 3.8) is 0 Å². The fraction of sp³-hybridized carbons (Fsp3) is 0.467. The van der Waals surface area contributed by atoms with Crippen molar-refractivity contribution in [2.75, 3.05) is 20.1 Å². The molecule has 0 radical (unpaired) electrons. The van der Waals surface area contributed by atoms with Gasteiger partial charge in [-0.25, -0.2) is 4.39 Å². The molecule has 0 aliphatic heterocycles. The molecule has 0 amide bonds. The van der Waals surface area contributed by atoms with E-state index in [-0.39, 0.29) is 5.82 Å². The van der Waals surface area contributed by atoms with Gasteiger partial charge < -0.3 is 5.32 Å². The molecule has 0 atom stereocenters. The molecular weight excluding hydrogens is 227 g/mol. The Hall–Kier alpha value is -1.19. The second-order valence-corrected chi connectivity index (χ2v) is 4.84. The fourth-order valence-electron chi connectivity index (χ4n) is 1.94. The summed E-state index contributed by atoms with van der Waals surface area (Å²) in [6, 6.07) is 5.32. The molecule has 0 saturated heterocycles. The van der Waals surface area contributed by atoms with Crippen LogP contribution in [-0.2, 0) is 13.1 Å². The third kappa shape index (κ3) is 4.98. The van der Waals surface area contributed by atoms with E-state index in [1.807, 2.05) is 26.1 Å². The number of halogens is 1. The highest BCUT2D eigenvalue weighted by Crippen LogP contribution is 2.13. The number of likely N-dealkylation sites (N-methyl/N-ethyl adjacent to an activating group) is 1. The van der Waals surface area contributed by atoms with E-state index in [1.165, 1.54) is 0 Å². The zero-order valence-corrected chi connectivity index (χ0v) is 11.6. The molecule has 3 heteroatoms. The van der Waals surface area contributed by atoms with Crippen LogP contribution in [0.5, 0.6) is 0 Å².